The van der Waals surface area contributed by atoms with Crippen LogP contribution in [-0.4, -0.2) is 82.5 Å². The number of carbonyl (C=O) groups is 3. The Hall–Kier alpha value is -5.39. The molecule has 1 aliphatic heterocycles. The van der Waals surface area contributed by atoms with Crippen LogP contribution >= 0.6 is 0 Å². The first-order valence-electron chi connectivity index (χ1n) is 15.8. The molecule has 1 fully saturated rings. The molecule has 1 heterocycles. The molecule has 12 nitrogen and oxygen atoms in total. The second-order valence-corrected chi connectivity index (χ2v) is 11.4. The van der Waals surface area contributed by atoms with Gasteiger partial charge in [-0.1, -0.05) is 36.4 Å². The lowest BCUT2D eigenvalue weighted by Crippen LogP contribution is -2.61. The van der Waals surface area contributed by atoms with Gasteiger partial charge in [0.1, 0.15) is 11.7 Å². The first-order valence-corrected chi connectivity index (χ1v) is 15.8. The van der Waals surface area contributed by atoms with Crippen LogP contribution in [0.5, 0.6) is 34.5 Å². The number of imide groups is 1. The summed E-state index contributed by atoms with van der Waals surface area (Å²) in [5.74, 6) is 1.48. The van der Waals surface area contributed by atoms with Gasteiger partial charge in [0.2, 0.25) is 11.5 Å². The molecule has 1 unspecified atom stereocenters. The molecule has 1 saturated heterocycles. The van der Waals surface area contributed by atoms with Crippen LogP contribution in [0.3, 0.4) is 0 Å². The average molecular weight is 677 g/mol. The van der Waals surface area contributed by atoms with Gasteiger partial charge in [0, 0.05) is 6.42 Å². The van der Waals surface area contributed by atoms with E-state index in [9.17, 15) is 14.4 Å². The standard InChI is InChI=1S/C37H44N2O10/c1-23(2)49-37(42)39-28(17-26-20-31(45-5)34(48-8)32(21-26)46-6)35(40)38(22-24-13-10-9-11-14-24)27(36(39)41)16-12-15-25-18-29(43-3)33(47-7)30(19-25)44-4/h9-11,13-14,16,18-21,23,28H,12,15,17,22H2,1-8H3/b27-16-. The van der Waals surface area contributed by atoms with E-state index in [0.717, 1.165) is 16.0 Å². The van der Waals surface area contributed by atoms with Crippen molar-refractivity contribution >= 4 is 17.9 Å². The molecule has 1 aliphatic rings. The number of rotatable bonds is 14. The minimum Gasteiger partial charge on any atom is -0.493 e. The lowest BCUT2D eigenvalue weighted by molar-refractivity contribution is -0.149. The highest BCUT2D eigenvalue weighted by molar-refractivity contribution is 6.11. The Bertz CT molecular complexity index is 1620. The SMILES string of the molecule is COc1cc(CC/C=C2/C(=O)N(C(=O)OC(C)C)C(Cc3cc(OC)c(OC)c(OC)c3)C(=O)N2Cc2ccccc2)cc(OC)c1OC. The van der Waals surface area contributed by atoms with Gasteiger partial charge in [-0.05, 0) is 67.6 Å². The Morgan fingerprint density at radius 1 is 0.735 bits per heavy atom. The molecule has 1 atom stereocenters. The number of nitrogens with zero attached hydrogens (tertiary/aromatic N) is 2. The number of methoxy groups -OCH3 is 6. The predicted octanol–water partition coefficient (Wildman–Crippen LogP) is 5.58. The van der Waals surface area contributed by atoms with E-state index < -0.39 is 30.1 Å². The second-order valence-electron chi connectivity index (χ2n) is 11.4. The number of hydrogen-bond acceptors (Lipinski definition) is 10. The summed E-state index contributed by atoms with van der Waals surface area (Å²) in [5.41, 5.74) is 2.32. The Balaban J connectivity index is 1.77. The molecule has 4 rings (SSSR count). The van der Waals surface area contributed by atoms with Crippen molar-refractivity contribution in [3.63, 3.8) is 0 Å². The summed E-state index contributed by atoms with van der Waals surface area (Å²) in [5, 5.41) is 0. The maximum absolute atomic E-state index is 14.5. The molecule has 0 radical (unpaired) electrons. The van der Waals surface area contributed by atoms with Gasteiger partial charge in [-0.3, -0.25) is 9.59 Å². The van der Waals surface area contributed by atoms with Crippen molar-refractivity contribution in [3.8, 4) is 34.5 Å². The Labute approximate surface area is 287 Å². The number of ether oxygens (including phenoxy) is 7. The zero-order valence-corrected chi connectivity index (χ0v) is 29.2. The van der Waals surface area contributed by atoms with E-state index in [1.54, 1.807) is 32.1 Å². The maximum atomic E-state index is 14.5. The third-order valence-electron chi connectivity index (χ3n) is 7.96. The molecular formula is C37H44N2O10. The molecule has 262 valence electrons. The van der Waals surface area contributed by atoms with Gasteiger partial charge in [-0.15, -0.1) is 0 Å². The van der Waals surface area contributed by atoms with Crippen molar-refractivity contribution in [1.82, 2.24) is 9.80 Å². The van der Waals surface area contributed by atoms with Crippen LogP contribution < -0.4 is 28.4 Å². The number of piperazine rings is 1. The number of aryl methyl sites for hydroxylation is 1. The van der Waals surface area contributed by atoms with E-state index in [0.29, 0.717) is 52.9 Å². The topological polar surface area (TPSA) is 122 Å². The highest BCUT2D eigenvalue weighted by Crippen LogP contribution is 2.40. The highest BCUT2D eigenvalue weighted by Gasteiger charge is 2.47. The fourth-order valence-electron chi connectivity index (χ4n) is 5.69. The normalized spacial score (nSPS) is 15.4. The summed E-state index contributed by atoms with van der Waals surface area (Å²) in [6.45, 7) is 3.47. The lowest BCUT2D eigenvalue weighted by Gasteiger charge is -2.40. The molecule has 12 heteroatoms. The van der Waals surface area contributed by atoms with Crippen LogP contribution in [0, 0.1) is 0 Å². The van der Waals surface area contributed by atoms with Gasteiger partial charge in [0.15, 0.2) is 23.0 Å². The third-order valence-corrected chi connectivity index (χ3v) is 7.96. The maximum Gasteiger partial charge on any atom is 0.417 e. The summed E-state index contributed by atoms with van der Waals surface area (Å²) in [7, 11) is 9.07. The van der Waals surface area contributed by atoms with E-state index in [-0.39, 0.29) is 18.7 Å². The molecule has 0 N–H and O–H groups in total. The zero-order valence-electron chi connectivity index (χ0n) is 29.2. The number of hydrogen-bond donors (Lipinski definition) is 0. The molecule has 3 aromatic rings. The number of carbonyl (C=O) groups excluding carboxylic acids is 3. The van der Waals surface area contributed by atoms with Crippen LogP contribution in [0.1, 0.15) is 37.0 Å². The van der Waals surface area contributed by atoms with Crippen molar-refractivity contribution < 1.29 is 47.5 Å². The largest absolute Gasteiger partial charge is 0.493 e. The number of allylic oxidation sites excluding steroid dienone is 1. The van der Waals surface area contributed by atoms with E-state index in [2.05, 4.69) is 0 Å². The summed E-state index contributed by atoms with van der Waals surface area (Å²) < 4.78 is 38.4. The molecule has 0 bridgehead atoms. The van der Waals surface area contributed by atoms with Crippen molar-refractivity contribution in [2.45, 2.75) is 51.8 Å². The lowest BCUT2D eigenvalue weighted by atomic mass is 9.98. The number of benzene rings is 3. The molecule has 3 aromatic carbocycles. The zero-order chi connectivity index (χ0) is 35.7. The van der Waals surface area contributed by atoms with Crippen LogP contribution in [-0.2, 0) is 33.7 Å². The molecule has 0 aliphatic carbocycles. The average Bonchev–Trinajstić information content (AvgIpc) is 3.10. The molecule has 0 aromatic heterocycles. The molecule has 49 heavy (non-hydrogen) atoms. The highest BCUT2D eigenvalue weighted by atomic mass is 16.6. The molecule has 3 amide bonds. The van der Waals surface area contributed by atoms with E-state index in [1.165, 1.54) is 47.6 Å². The smallest absolute Gasteiger partial charge is 0.417 e. The van der Waals surface area contributed by atoms with Gasteiger partial charge >= 0.3 is 6.09 Å². The summed E-state index contributed by atoms with van der Waals surface area (Å²) in [4.78, 5) is 44.9. The predicted molar refractivity (Wildman–Crippen MR) is 182 cm³/mol. The summed E-state index contributed by atoms with van der Waals surface area (Å²) in [6.07, 6.45) is 1.01. The Morgan fingerprint density at radius 3 is 1.71 bits per heavy atom. The summed E-state index contributed by atoms with van der Waals surface area (Å²) in [6, 6.07) is 15.2. The van der Waals surface area contributed by atoms with Gasteiger partial charge in [-0.2, -0.15) is 0 Å². The van der Waals surface area contributed by atoms with Crippen molar-refractivity contribution in [3.05, 3.63) is 83.1 Å². The van der Waals surface area contributed by atoms with Crippen LogP contribution in [0.15, 0.2) is 66.4 Å². The van der Waals surface area contributed by atoms with Crippen LogP contribution in [0.2, 0.25) is 0 Å². The summed E-state index contributed by atoms with van der Waals surface area (Å²) >= 11 is 0. The first-order chi connectivity index (χ1) is 23.6. The minimum atomic E-state index is -1.22. The Morgan fingerprint density at radius 2 is 1.24 bits per heavy atom. The third kappa shape index (κ3) is 8.19. The molecular weight excluding hydrogens is 632 g/mol. The molecule has 0 saturated carbocycles. The van der Waals surface area contributed by atoms with E-state index in [1.807, 2.05) is 42.5 Å². The first kappa shape index (κ1) is 36.4. The fourth-order valence-corrected chi connectivity index (χ4v) is 5.69. The monoisotopic (exact) mass is 676 g/mol. The Kier molecular flexibility index (Phi) is 12.4. The quantitative estimate of drug-likeness (QED) is 0.200. The van der Waals surface area contributed by atoms with Crippen molar-refractivity contribution in [1.29, 1.82) is 0 Å². The van der Waals surface area contributed by atoms with Gasteiger partial charge in [-0.25, -0.2) is 9.69 Å². The number of amides is 3. The fraction of sp³-hybridized carbons (Fsp3) is 0.378. The van der Waals surface area contributed by atoms with Gasteiger partial charge < -0.3 is 38.1 Å². The van der Waals surface area contributed by atoms with E-state index in [4.69, 9.17) is 33.2 Å². The van der Waals surface area contributed by atoms with Gasteiger partial charge in [0.05, 0.1) is 55.3 Å². The van der Waals surface area contributed by atoms with Crippen LogP contribution in [0.4, 0.5) is 4.79 Å². The minimum absolute atomic E-state index is 0.0293. The second kappa shape index (κ2) is 16.6. The van der Waals surface area contributed by atoms with Crippen molar-refractivity contribution in [2.75, 3.05) is 42.7 Å². The van der Waals surface area contributed by atoms with Crippen molar-refractivity contribution in [2.24, 2.45) is 0 Å². The van der Waals surface area contributed by atoms with Gasteiger partial charge in [0.25, 0.3) is 11.8 Å². The van der Waals surface area contributed by atoms with Crippen LogP contribution in [0.25, 0.3) is 0 Å². The van der Waals surface area contributed by atoms with E-state index >= 15 is 0 Å². The molecule has 0 spiro atoms.